The molecular weight excluding hydrogens is 406 g/mol. The van der Waals surface area contributed by atoms with Gasteiger partial charge in [0.2, 0.25) is 0 Å². The van der Waals surface area contributed by atoms with Crippen LogP contribution in [-0.4, -0.2) is 33.5 Å². The maximum Gasteiger partial charge on any atom is 0.267 e. The number of aromatic nitrogens is 3. The second-order valence-electron chi connectivity index (χ2n) is 7.54. The predicted octanol–water partition coefficient (Wildman–Crippen LogP) is 2.44. The number of methoxy groups -OCH3 is 1. The highest BCUT2D eigenvalue weighted by Crippen LogP contribution is 2.13. The van der Waals surface area contributed by atoms with Gasteiger partial charge in [0.25, 0.3) is 11.5 Å². The molecule has 1 amide bonds. The molecule has 0 unspecified atom stereocenters. The third kappa shape index (κ3) is 3.75. The van der Waals surface area contributed by atoms with Gasteiger partial charge in [-0.3, -0.25) is 19.4 Å². The van der Waals surface area contributed by atoms with Crippen LogP contribution in [0.25, 0.3) is 16.7 Å². The Hall–Kier alpha value is -3.94. The van der Waals surface area contributed by atoms with Gasteiger partial charge in [0.05, 0.1) is 18.1 Å². The fraction of sp³-hybridized carbons (Fsp3) is 0.250. The summed E-state index contributed by atoms with van der Waals surface area (Å²) in [7, 11) is 1.62. The highest BCUT2D eigenvalue weighted by molar-refractivity contribution is 5.96. The van der Waals surface area contributed by atoms with Crippen molar-refractivity contribution in [1.82, 2.24) is 19.3 Å². The zero-order chi connectivity index (χ0) is 22.8. The molecule has 32 heavy (non-hydrogen) atoms. The van der Waals surface area contributed by atoms with Crippen LogP contribution in [0.5, 0.6) is 5.75 Å². The van der Waals surface area contributed by atoms with Gasteiger partial charge in [-0.25, -0.2) is 4.98 Å². The third-order valence-corrected chi connectivity index (χ3v) is 5.55. The molecule has 0 spiro atoms. The number of ether oxygens (including phenoxy) is 1. The van der Waals surface area contributed by atoms with Crippen LogP contribution in [0.2, 0.25) is 0 Å². The van der Waals surface area contributed by atoms with E-state index in [1.165, 1.54) is 10.5 Å². The SMILES string of the molecule is CCn1c(=N)c(C(=O)NCCc2ccc(OC)cc2)cc2c(=O)n3cccc(C)c3nc21. The summed E-state index contributed by atoms with van der Waals surface area (Å²) >= 11 is 0. The van der Waals surface area contributed by atoms with Crippen LogP contribution in [-0.2, 0) is 13.0 Å². The molecule has 3 aromatic heterocycles. The monoisotopic (exact) mass is 431 g/mol. The molecule has 0 saturated heterocycles. The van der Waals surface area contributed by atoms with E-state index in [-0.39, 0.29) is 22.5 Å². The fourth-order valence-electron chi connectivity index (χ4n) is 3.79. The summed E-state index contributed by atoms with van der Waals surface area (Å²) < 4.78 is 8.24. The Bertz CT molecular complexity index is 1440. The van der Waals surface area contributed by atoms with Crippen LogP contribution < -0.4 is 21.1 Å². The van der Waals surface area contributed by atoms with Gasteiger partial charge in [0, 0.05) is 19.3 Å². The van der Waals surface area contributed by atoms with Crippen LogP contribution >= 0.6 is 0 Å². The number of aryl methyl sites for hydroxylation is 2. The number of benzene rings is 1. The maximum absolute atomic E-state index is 13.2. The number of nitrogens with zero attached hydrogens (tertiary/aromatic N) is 3. The Labute approximate surface area is 184 Å². The molecule has 8 nitrogen and oxygen atoms in total. The highest BCUT2D eigenvalue weighted by Gasteiger charge is 2.17. The molecular formula is C24H25N5O3. The van der Waals surface area contributed by atoms with Crippen molar-refractivity contribution in [3.8, 4) is 5.75 Å². The Morgan fingerprint density at radius 2 is 1.94 bits per heavy atom. The Morgan fingerprint density at radius 1 is 1.19 bits per heavy atom. The number of carbonyl (C=O) groups is 1. The summed E-state index contributed by atoms with van der Waals surface area (Å²) in [5.74, 6) is 0.390. The molecule has 4 aromatic rings. The van der Waals surface area contributed by atoms with Gasteiger partial charge in [-0.1, -0.05) is 18.2 Å². The minimum absolute atomic E-state index is 0.0341. The van der Waals surface area contributed by atoms with E-state index in [1.807, 2.05) is 44.2 Å². The second kappa shape index (κ2) is 8.66. The first-order chi connectivity index (χ1) is 15.4. The van der Waals surface area contributed by atoms with Crippen molar-refractivity contribution in [2.45, 2.75) is 26.8 Å². The van der Waals surface area contributed by atoms with Crippen molar-refractivity contribution in [2.75, 3.05) is 13.7 Å². The molecule has 2 N–H and O–H groups in total. The van der Waals surface area contributed by atoms with E-state index in [0.29, 0.717) is 36.2 Å². The minimum atomic E-state index is -0.388. The van der Waals surface area contributed by atoms with Gasteiger partial charge in [-0.15, -0.1) is 0 Å². The lowest BCUT2D eigenvalue weighted by molar-refractivity contribution is 0.0951. The normalized spacial score (nSPS) is 11.1. The Kier molecular flexibility index (Phi) is 5.77. The van der Waals surface area contributed by atoms with Crippen LogP contribution in [0.4, 0.5) is 0 Å². The number of carbonyl (C=O) groups excluding carboxylic acids is 1. The number of nitrogens with one attached hydrogen (secondary N) is 2. The molecule has 0 atom stereocenters. The van der Waals surface area contributed by atoms with Gasteiger partial charge >= 0.3 is 0 Å². The summed E-state index contributed by atoms with van der Waals surface area (Å²) in [4.78, 5) is 30.7. The molecule has 0 fully saturated rings. The quantitative estimate of drug-likeness (QED) is 0.458. The fourth-order valence-corrected chi connectivity index (χ4v) is 3.79. The number of amides is 1. The third-order valence-electron chi connectivity index (χ3n) is 5.55. The Balaban J connectivity index is 1.68. The van der Waals surface area contributed by atoms with Gasteiger partial charge < -0.3 is 14.6 Å². The van der Waals surface area contributed by atoms with Crippen LogP contribution in [0.1, 0.15) is 28.4 Å². The number of rotatable bonds is 6. The first-order valence-electron chi connectivity index (χ1n) is 10.5. The topological polar surface area (TPSA) is 101 Å². The molecule has 8 heteroatoms. The molecule has 164 valence electrons. The molecule has 0 aliphatic heterocycles. The minimum Gasteiger partial charge on any atom is -0.497 e. The van der Waals surface area contributed by atoms with Crippen LogP contribution in [0.3, 0.4) is 0 Å². The second-order valence-corrected chi connectivity index (χ2v) is 7.54. The van der Waals surface area contributed by atoms with Crippen LogP contribution in [0.15, 0.2) is 53.5 Å². The van der Waals surface area contributed by atoms with Crippen molar-refractivity contribution in [2.24, 2.45) is 0 Å². The van der Waals surface area contributed by atoms with E-state index in [4.69, 9.17) is 10.1 Å². The van der Waals surface area contributed by atoms with Crippen molar-refractivity contribution >= 4 is 22.6 Å². The molecule has 0 aliphatic carbocycles. The lowest BCUT2D eigenvalue weighted by atomic mass is 10.1. The van der Waals surface area contributed by atoms with Crippen molar-refractivity contribution < 1.29 is 9.53 Å². The first-order valence-corrected chi connectivity index (χ1v) is 10.5. The molecule has 4 rings (SSSR count). The van der Waals surface area contributed by atoms with E-state index in [2.05, 4.69) is 10.3 Å². The largest absolute Gasteiger partial charge is 0.497 e. The average molecular weight is 431 g/mol. The van der Waals surface area contributed by atoms with Crippen molar-refractivity contribution in [1.29, 1.82) is 5.41 Å². The van der Waals surface area contributed by atoms with Gasteiger partial charge in [0.1, 0.15) is 22.5 Å². The van der Waals surface area contributed by atoms with Crippen molar-refractivity contribution in [3.63, 3.8) is 0 Å². The highest BCUT2D eigenvalue weighted by atomic mass is 16.5. The molecule has 0 radical (unpaired) electrons. The van der Waals surface area contributed by atoms with Crippen LogP contribution in [0, 0.1) is 12.3 Å². The maximum atomic E-state index is 13.2. The number of hydrogen-bond acceptors (Lipinski definition) is 5. The zero-order valence-electron chi connectivity index (χ0n) is 18.3. The smallest absolute Gasteiger partial charge is 0.267 e. The Morgan fingerprint density at radius 3 is 2.62 bits per heavy atom. The number of pyridine rings is 2. The van der Waals surface area contributed by atoms with E-state index < -0.39 is 0 Å². The molecule has 0 saturated carbocycles. The molecule has 1 aromatic carbocycles. The van der Waals surface area contributed by atoms with Gasteiger partial charge in [-0.2, -0.15) is 0 Å². The lowest BCUT2D eigenvalue weighted by Crippen LogP contribution is -2.35. The zero-order valence-corrected chi connectivity index (χ0v) is 18.3. The van der Waals surface area contributed by atoms with Crippen molar-refractivity contribution in [3.05, 3.63) is 81.2 Å². The lowest BCUT2D eigenvalue weighted by Gasteiger charge is -2.14. The average Bonchev–Trinajstić information content (AvgIpc) is 2.80. The summed E-state index contributed by atoms with van der Waals surface area (Å²) in [6.45, 7) is 4.57. The van der Waals surface area contributed by atoms with E-state index in [9.17, 15) is 9.59 Å². The summed E-state index contributed by atoms with van der Waals surface area (Å²) in [5.41, 5.74) is 2.80. The summed E-state index contributed by atoms with van der Waals surface area (Å²) in [5, 5.41) is 11.8. The summed E-state index contributed by atoms with van der Waals surface area (Å²) in [6, 6.07) is 12.8. The molecule has 3 heterocycles. The molecule has 0 aliphatic rings. The van der Waals surface area contributed by atoms with Gasteiger partial charge in [-0.05, 0) is 55.7 Å². The van der Waals surface area contributed by atoms with E-state index in [0.717, 1.165) is 16.9 Å². The number of fused-ring (bicyclic) bond motifs is 2. The predicted molar refractivity (Wildman–Crippen MR) is 122 cm³/mol. The van der Waals surface area contributed by atoms with E-state index >= 15 is 0 Å². The standard InChI is InChI=1S/C24H25N5O3/c1-4-28-20(25)18(23(30)26-12-11-16-7-9-17(32-3)10-8-16)14-19-22(28)27-21-15(2)6-5-13-29(21)24(19)31/h5-10,13-14,25H,4,11-12H2,1-3H3,(H,26,30). The number of hydrogen-bond donors (Lipinski definition) is 2. The summed E-state index contributed by atoms with van der Waals surface area (Å²) in [6.07, 6.45) is 2.30. The van der Waals surface area contributed by atoms with Gasteiger partial charge in [0.15, 0.2) is 0 Å². The first kappa shape index (κ1) is 21.3. The van der Waals surface area contributed by atoms with E-state index in [1.54, 1.807) is 23.9 Å². The molecule has 0 bridgehead atoms.